The summed E-state index contributed by atoms with van der Waals surface area (Å²) in [5.74, 6) is 1.33. The molecule has 0 amide bonds. The minimum atomic E-state index is -0.154. The van der Waals surface area contributed by atoms with Crippen LogP contribution in [0.3, 0.4) is 0 Å². The van der Waals surface area contributed by atoms with Gasteiger partial charge in [0, 0.05) is 6.54 Å². The first-order valence-corrected chi connectivity index (χ1v) is 11.3. The zero-order valence-electron chi connectivity index (χ0n) is 18.1. The van der Waals surface area contributed by atoms with Crippen LogP contribution in [0, 0.1) is 5.92 Å². The molecule has 1 aromatic carbocycles. The summed E-state index contributed by atoms with van der Waals surface area (Å²) in [6.07, 6.45) is 9.74. The molecule has 0 bridgehead atoms. The maximum Gasteiger partial charge on any atom is 0.269 e. The van der Waals surface area contributed by atoms with Crippen molar-refractivity contribution in [3.05, 3.63) is 81.7 Å². The fourth-order valence-corrected chi connectivity index (χ4v) is 4.25. The molecule has 5 rings (SSSR count). The van der Waals surface area contributed by atoms with Crippen molar-refractivity contribution >= 4 is 39.4 Å². The van der Waals surface area contributed by atoms with Gasteiger partial charge in [-0.25, -0.2) is 15.0 Å². The predicted molar refractivity (Wildman–Crippen MR) is 129 cm³/mol. The van der Waals surface area contributed by atoms with Crippen LogP contribution in [0.5, 0.6) is 0 Å². The number of fused-ring (bicyclic) bond motifs is 2. The van der Waals surface area contributed by atoms with E-state index in [1.807, 2.05) is 18.2 Å². The Hall–Kier alpha value is -3.25. The number of aryl methyl sites for hydroxylation is 1. The van der Waals surface area contributed by atoms with Crippen LogP contribution < -0.4 is 5.56 Å². The first-order chi connectivity index (χ1) is 15.5. The van der Waals surface area contributed by atoms with Crippen molar-refractivity contribution in [1.29, 1.82) is 0 Å². The van der Waals surface area contributed by atoms with Gasteiger partial charge in [0.15, 0.2) is 5.65 Å². The number of hydrogen-bond donors (Lipinski definition) is 0. The van der Waals surface area contributed by atoms with Crippen LogP contribution >= 0.6 is 11.6 Å². The van der Waals surface area contributed by atoms with E-state index in [0.717, 1.165) is 52.9 Å². The molecule has 3 aromatic heterocycles. The Balaban J connectivity index is 1.64. The molecule has 0 saturated carbocycles. The molecular weight excluding hydrogens is 422 g/mol. The van der Waals surface area contributed by atoms with Crippen LogP contribution in [0.1, 0.15) is 38.1 Å². The molecule has 0 aliphatic heterocycles. The smallest absolute Gasteiger partial charge is 0.269 e. The average molecular weight is 446 g/mol. The van der Waals surface area contributed by atoms with Crippen molar-refractivity contribution in [2.24, 2.45) is 5.92 Å². The summed E-state index contributed by atoms with van der Waals surface area (Å²) < 4.78 is 3.91. The monoisotopic (exact) mass is 445 g/mol. The predicted octanol–water partition coefficient (Wildman–Crippen LogP) is 5.23. The van der Waals surface area contributed by atoms with Gasteiger partial charge in [-0.3, -0.25) is 9.36 Å². The SMILES string of the molecule is CC(C)CCn1c(Cn2c(=O)cnc3ccc(C4=CCC=C4)cc32)nc2nc(Cl)ccc21. The number of nitrogens with zero attached hydrogens (tertiary/aromatic N) is 5. The summed E-state index contributed by atoms with van der Waals surface area (Å²) in [5.41, 5.74) is 5.19. The Bertz CT molecular complexity index is 1440. The van der Waals surface area contributed by atoms with Gasteiger partial charge in [0.1, 0.15) is 11.0 Å². The highest BCUT2D eigenvalue weighted by Crippen LogP contribution is 2.25. The number of rotatable bonds is 6. The van der Waals surface area contributed by atoms with E-state index in [0.29, 0.717) is 23.3 Å². The Kier molecular flexibility index (Phi) is 5.39. The van der Waals surface area contributed by atoms with Crippen LogP contribution in [-0.2, 0) is 13.1 Å². The lowest BCUT2D eigenvalue weighted by molar-refractivity contribution is 0.507. The van der Waals surface area contributed by atoms with Crippen molar-refractivity contribution in [3.63, 3.8) is 0 Å². The van der Waals surface area contributed by atoms with Gasteiger partial charge in [-0.05, 0) is 54.2 Å². The first kappa shape index (κ1) is 20.6. The highest BCUT2D eigenvalue weighted by atomic mass is 35.5. The molecule has 0 unspecified atom stereocenters. The molecule has 3 heterocycles. The fraction of sp³-hybridized carbons (Fsp3) is 0.280. The maximum atomic E-state index is 12.9. The van der Waals surface area contributed by atoms with Gasteiger partial charge in [-0.2, -0.15) is 0 Å². The van der Waals surface area contributed by atoms with Crippen LogP contribution in [0.4, 0.5) is 0 Å². The first-order valence-electron chi connectivity index (χ1n) is 10.9. The minimum absolute atomic E-state index is 0.154. The van der Waals surface area contributed by atoms with Gasteiger partial charge in [-0.15, -0.1) is 0 Å². The molecule has 7 heteroatoms. The van der Waals surface area contributed by atoms with E-state index in [-0.39, 0.29) is 5.56 Å². The van der Waals surface area contributed by atoms with Crippen molar-refractivity contribution in [2.45, 2.75) is 39.8 Å². The summed E-state index contributed by atoms with van der Waals surface area (Å²) >= 11 is 6.12. The van der Waals surface area contributed by atoms with Crippen molar-refractivity contribution < 1.29 is 0 Å². The van der Waals surface area contributed by atoms with E-state index in [4.69, 9.17) is 16.6 Å². The molecule has 0 spiro atoms. The number of hydrogen-bond acceptors (Lipinski definition) is 4. The van der Waals surface area contributed by atoms with Gasteiger partial charge in [0.05, 0.1) is 29.3 Å². The molecule has 0 radical (unpaired) electrons. The zero-order chi connectivity index (χ0) is 22.2. The Morgan fingerprint density at radius 3 is 2.75 bits per heavy atom. The summed E-state index contributed by atoms with van der Waals surface area (Å²) in [6.45, 7) is 5.53. The van der Waals surface area contributed by atoms with E-state index in [1.54, 1.807) is 10.6 Å². The summed E-state index contributed by atoms with van der Waals surface area (Å²) in [6, 6.07) is 9.80. The number of halogens is 1. The second-order valence-corrected chi connectivity index (χ2v) is 8.91. The van der Waals surface area contributed by atoms with Gasteiger partial charge in [0.25, 0.3) is 5.56 Å². The summed E-state index contributed by atoms with van der Waals surface area (Å²) in [7, 11) is 0. The molecule has 1 aliphatic rings. The molecule has 4 aromatic rings. The third-order valence-electron chi connectivity index (χ3n) is 5.84. The number of benzene rings is 1. The lowest BCUT2D eigenvalue weighted by Crippen LogP contribution is -2.23. The zero-order valence-corrected chi connectivity index (χ0v) is 18.9. The van der Waals surface area contributed by atoms with Gasteiger partial charge < -0.3 is 4.57 Å². The highest BCUT2D eigenvalue weighted by molar-refractivity contribution is 6.29. The lowest BCUT2D eigenvalue weighted by atomic mass is 10.1. The topological polar surface area (TPSA) is 65.6 Å². The van der Waals surface area contributed by atoms with E-state index >= 15 is 0 Å². The maximum absolute atomic E-state index is 12.9. The largest absolute Gasteiger partial charge is 0.325 e. The Morgan fingerprint density at radius 2 is 1.97 bits per heavy atom. The lowest BCUT2D eigenvalue weighted by Gasteiger charge is -2.14. The summed E-state index contributed by atoms with van der Waals surface area (Å²) in [4.78, 5) is 26.4. The molecule has 32 heavy (non-hydrogen) atoms. The number of pyridine rings is 1. The van der Waals surface area contributed by atoms with Crippen molar-refractivity contribution in [3.8, 4) is 0 Å². The number of imidazole rings is 1. The Labute approximate surface area is 190 Å². The molecule has 0 N–H and O–H groups in total. The fourth-order valence-electron chi connectivity index (χ4n) is 4.11. The molecule has 0 fully saturated rings. The van der Waals surface area contributed by atoms with E-state index in [2.05, 4.69) is 52.7 Å². The normalized spacial score (nSPS) is 13.6. The summed E-state index contributed by atoms with van der Waals surface area (Å²) in [5, 5.41) is 0.409. The minimum Gasteiger partial charge on any atom is -0.325 e. The highest BCUT2D eigenvalue weighted by Gasteiger charge is 2.16. The van der Waals surface area contributed by atoms with Crippen molar-refractivity contribution in [2.75, 3.05) is 0 Å². The second-order valence-electron chi connectivity index (χ2n) is 8.52. The van der Waals surface area contributed by atoms with Gasteiger partial charge >= 0.3 is 0 Å². The third-order valence-corrected chi connectivity index (χ3v) is 6.05. The van der Waals surface area contributed by atoms with Crippen LogP contribution in [0.2, 0.25) is 5.15 Å². The van der Waals surface area contributed by atoms with Crippen molar-refractivity contribution in [1.82, 2.24) is 24.1 Å². The molecular formula is C25H24ClN5O. The quantitative estimate of drug-likeness (QED) is 0.381. The molecule has 0 saturated heterocycles. The van der Waals surface area contributed by atoms with E-state index < -0.39 is 0 Å². The van der Waals surface area contributed by atoms with E-state index in [1.165, 1.54) is 6.20 Å². The molecule has 0 atom stereocenters. The molecule has 1 aliphatic carbocycles. The molecule has 162 valence electrons. The van der Waals surface area contributed by atoms with Crippen LogP contribution in [0.25, 0.3) is 27.8 Å². The number of allylic oxidation sites excluding steroid dienone is 4. The van der Waals surface area contributed by atoms with Gasteiger partial charge in [-0.1, -0.05) is 49.7 Å². The average Bonchev–Trinajstić information content (AvgIpc) is 3.41. The number of aromatic nitrogens is 5. The third kappa shape index (κ3) is 3.86. The van der Waals surface area contributed by atoms with Gasteiger partial charge in [0.2, 0.25) is 0 Å². The standard InChI is InChI=1S/C25H24ClN5O/c1-16(2)11-12-30-20-9-10-22(26)28-25(20)29-23(30)15-31-21-13-18(17-5-3-4-6-17)7-8-19(21)27-14-24(31)32/h3,5-10,13-14,16H,4,11-12,15H2,1-2H3. The second kappa shape index (κ2) is 8.36. The van der Waals surface area contributed by atoms with Crippen LogP contribution in [-0.4, -0.2) is 24.1 Å². The van der Waals surface area contributed by atoms with Crippen LogP contribution in [0.15, 0.2) is 59.6 Å². The van der Waals surface area contributed by atoms with E-state index in [9.17, 15) is 4.79 Å². The Morgan fingerprint density at radius 1 is 1.09 bits per heavy atom. The molecule has 6 nitrogen and oxygen atoms in total.